The minimum Gasteiger partial charge on any atom is -0.397 e. The number of fused-ring (bicyclic) bond motifs is 1. The number of rotatable bonds is 1. The first-order valence-electron chi connectivity index (χ1n) is 5.31. The van der Waals surface area contributed by atoms with Crippen molar-refractivity contribution in [3.05, 3.63) is 42.2 Å². The average Bonchev–Trinajstić information content (AvgIpc) is 2.72. The fourth-order valence-electron chi connectivity index (χ4n) is 1.75. The van der Waals surface area contributed by atoms with Gasteiger partial charge in [0.1, 0.15) is 5.01 Å². The zero-order valence-electron chi connectivity index (χ0n) is 9.34. The number of aryl methyl sites for hydroxylation is 1. The number of pyridine rings is 1. The quantitative estimate of drug-likeness (QED) is 0.711. The molecule has 0 saturated carbocycles. The maximum absolute atomic E-state index is 5.91. The summed E-state index contributed by atoms with van der Waals surface area (Å²) in [6, 6.07) is 8.19. The Kier molecular flexibility index (Phi) is 2.30. The van der Waals surface area contributed by atoms with E-state index in [0.717, 1.165) is 16.1 Å². The third-order valence-electron chi connectivity index (χ3n) is 2.63. The van der Waals surface area contributed by atoms with E-state index >= 15 is 0 Å². The van der Waals surface area contributed by atoms with Crippen LogP contribution in [0.4, 0.5) is 5.69 Å². The molecule has 0 aliphatic carbocycles. The molecule has 2 heterocycles. The number of nitrogens with two attached hydrogens (primary N) is 1. The molecule has 3 aromatic rings. The van der Waals surface area contributed by atoms with Gasteiger partial charge in [-0.05, 0) is 30.7 Å². The molecule has 0 fully saturated rings. The summed E-state index contributed by atoms with van der Waals surface area (Å²) < 4.78 is 1.18. The highest BCUT2D eigenvalue weighted by atomic mass is 32.1. The van der Waals surface area contributed by atoms with Crippen LogP contribution in [0.5, 0.6) is 0 Å². The molecule has 0 saturated heterocycles. The molecule has 0 amide bonds. The molecule has 3 nitrogen and oxygen atoms in total. The molecule has 0 unspecified atom stereocenters. The Bertz CT molecular complexity index is 688. The third kappa shape index (κ3) is 1.76. The van der Waals surface area contributed by atoms with E-state index in [1.54, 1.807) is 23.7 Å². The number of hydrogen-bond donors (Lipinski definition) is 1. The van der Waals surface area contributed by atoms with Gasteiger partial charge >= 0.3 is 0 Å². The summed E-state index contributed by atoms with van der Waals surface area (Å²) in [7, 11) is 0. The van der Waals surface area contributed by atoms with Crippen LogP contribution in [0.1, 0.15) is 5.56 Å². The lowest BCUT2D eigenvalue weighted by molar-refractivity contribution is 1.33. The maximum atomic E-state index is 5.91. The molecule has 0 spiro atoms. The van der Waals surface area contributed by atoms with Crippen molar-refractivity contribution in [1.82, 2.24) is 9.97 Å². The monoisotopic (exact) mass is 241 g/mol. The second-order valence-corrected chi connectivity index (χ2v) is 4.98. The molecule has 0 bridgehead atoms. The normalized spacial score (nSPS) is 10.9. The van der Waals surface area contributed by atoms with Gasteiger partial charge in [-0.2, -0.15) is 0 Å². The van der Waals surface area contributed by atoms with Crippen LogP contribution in [0, 0.1) is 6.92 Å². The van der Waals surface area contributed by atoms with E-state index in [4.69, 9.17) is 5.73 Å². The van der Waals surface area contributed by atoms with Crippen LogP contribution in [-0.4, -0.2) is 9.97 Å². The summed E-state index contributed by atoms with van der Waals surface area (Å²) in [5, 5.41) is 0.950. The van der Waals surface area contributed by atoms with Gasteiger partial charge in [0.15, 0.2) is 0 Å². The number of anilines is 1. The van der Waals surface area contributed by atoms with Crippen molar-refractivity contribution >= 4 is 27.2 Å². The van der Waals surface area contributed by atoms with Crippen molar-refractivity contribution in [3.8, 4) is 10.6 Å². The topological polar surface area (TPSA) is 51.8 Å². The summed E-state index contributed by atoms with van der Waals surface area (Å²) >= 11 is 1.65. The van der Waals surface area contributed by atoms with Crippen LogP contribution >= 0.6 is 11.3 Å². The summed E-state index contributed by atoms with van der Waals surface area (Å²) in [5.41, 5.74) is 9.78. The number of aromatic nitrogens is 2. The first-order chi connectivity index (χ1) is 8.24. The third-order valence-corrected chi connectivity index (χ3v) is 3.70. The van der Waals surface area contributed by atoms with Crippen molar-refractivity contribution in [3.63, 3.8) is 0 Å². The minimum atomic E-state index is 0.670. The van der Waals surface area contributed by atoms with Crippen molar-refractivity contribution in [1.29, 1.82) is 0 Å². The largest absolute Gasteiger partial charge is 0.397 e. The Hall–Kier alpha value is -1.94. The van der Waals surface area contributed by atoms with Crippen molar-refractivity contribution in [2.75, 3.05) is 5.73 Å². The molecule has 1 aromatic carbocycles. The zero-order valence-corrected chi connectivity index (χ0v) is 10.2. The Labute approximate surface area is 103 Å². The van der Waals surface area contributed by atoms with Gasteiger partial charge in [0.05, 0.1) is 22.1 Å². The highest BCUT2D eigenvalue weighted by Crippen LogP contribution is 2.32. The van der Waals surface area contributed by atoms with Crippen LogP contribution in [0.15, 0.2) is 36.7 Å². The SMILES string of the molecule is Cc1ccc2sc(-c3ccncc3N)nc2c1. The van der Waals surface area contributed by atoms with E-state index < -0.39 is 0 Å². The van der Waals surface area contributed by atoms with E-state index in [1.807, 2.05) is 6.07 Å². The second kappa shape index (κ2) is 3.82. The smallest absolute Gasteiger partial charge is 0.126 e. The van der Waals surface area contributed by atoms with Crippen LogP contribution in [-0.2, 0) is 0 Å². The van der Waals surface area contributed by atoms with Gasteiger partial charge in [0.25, 0.3) is 0 Å². The number of hydrogen-bond acceptors (Lipinski definition) is 4. The fraction of sp³-hybridized carbons (Fsp3) is 0.0769. The lowest BCUT2D eigenvalue weighted by Crippen LogP contribution is -1.89. The van der Waals surface area contributed by atoms with Gasteiger partial charge in [-0.3, -0.25) is 4.98 Å². The van der Waals surface area contributed by atoms with Crippen LogP contribution in [0.25, 0.3) is 20.8 Å². The Morgan fingerprint density at radius 3 is 2.94 bits per heavy atom. The van der Waals surface area contributed by atoms with Gasteiger partial charge in [-0.1, -0.05) is 6.07 Å². The van der Waals surface area contributed by atoms with Crippen LogP contribution in [0.2, 0.25) is 0 Å². The summed E-state index contributed by atoms with van der Waals surface area (Å²) in [4.78, 5) is 8.61. The van der Waals surface area contributed by atoms with Crippen molar-refractivity contribution in [2.24, 2.45) is 0 Å². The maximum Gasteiger partial charge on any atom is 0.126 e. The molecule has 2 N–H and O–H groups in total. The molecule has 17 heavy (non-hydrogen) atoms. The predicted octanol–water partition coefficient (Wildman–Crippen LogP) is 3.25. The zero-order chi connectivity index (χ0) is 11.8. The van der Waals surface area contributed by atoms with Crippen molar-refractivity contribution < 1.29 is 0 Å². The van der Waals surface area contributed by atoms with E-state index in [1.165, 1.54) is 10.3 Å². The van der Waals surface area contributed by atoms with E-state index in [-0.39, 0.29) is 0 Å². The van der Waals surface area contributed by atoms with E-state index in [2.05, 4.69) is 35.1 Å². The Morgan fingerprint density at radius 2 is 2.12 bits per heavy atom. The van der Waals surface area contributed by atoms with Crippen LogP contribution < -0.4 is 5.73 Å². The number of benzene rings is 1. The fourth-order valence-corrected chi connectivity index (χ4v) is 2.75. The second-order valence-electron chi connectivity index (χ2n) is 3.95. The van der Waals surface area contributed by atoms with Gasteiger partial charge in [0.2, 0.25) is 0 Å². The molecule has 0 atom stereocenters. The summed E-state index contributed by atoms with van der Waals surface area (Å²) in [5.74, 6) is 0. The van der Waals surface area contributed by atoms with Gasteiger partial charge in [0, 0.05) is 11.8 Å². The number of nitrogens with zero attached hydrogens (tertiary/aromatic N) is 2. The average molecular weight is 241 g/mol. The number of thiazole rings is 1. The van der Waals surface area contributed by atoms with E-state index in [9.17, 15) is 0 Å². The molecule has 4 heteroatoms. The lowest BCUT2D eigenvalue weighted by Gasteiger charge is -1.98. The van der Waals surface area contributed by atoms with E-state index in [0.29, 0.717) is 5.69 Å². The molecule has 84 valence electrons. The van der Waals surface area contributed by atoms with Gasteiger partial charge in [-0.15, -0.1) is 11.3 Å². The summed E-state index contributed by atoms with van der Waals surface area (Å²) in [6.45, 7) is 2.07. The Morgan fingerprint density at radius 1 is 1.24 bits per heavy atom. The molecule has 0 aliphatic heterocycles. The highest BCUT2D eigenvalue weighted by Gasteiger charge is 2.08. The number of nitrogen functional groups attached to an aromatic ring is 1. The van der Waals surface area contributed by atoms with Crippen molar-refractivity contribution in [2.45, 2.75) is 6.92 Å². The standard InChI is InChI=1S/C13H11N3S/c1-8-2-3-12-11(6-8)16-13(17-12)9-4-5-15-7-10(9)14/h2-7H,14H2,1H3. The minimum absolute atomic E-state index is 0.670. The summed E-state index contributed by atoms with van der Waals surface area (Å²) in [6.07, 6.45) is 3.40. The molecular weight excluding hydrogens is 230 g/mol. The highest BCUT2D eigenvalue weighted by molar-refractivity contribution is 7.21. The predicted molar refractivity (Wildman–Crippen MR) is 72.0 cm³/mol. The molecule has 0 radical (unpaired) electrons. The molecule has 2 aromatic heterocycles. The lowest BCUT2D eigenvalue weighted by atomic mass is 10.2. The van der Waals surface area contributed by atoms with Gasteiger partial charge < -0.3 is 5.73 Å². The first-order valence-corrected chi connectivity index (χ1v) is 6.13. The molecule has 3 rings (SSSR count). The van der Waals surface area contributed by atoms with Crippen LogP contribution in [0.3, 0.4) is 0 Å². The van der Waals surface area contributed by atoms with Gasteiger partial charge in [-0.25, -0.2) is 4.98 Å². The molecular formula is C13H11N3S. The Balaban J connectivity index is 2.22. The first kappa shape index (κ1) is 10.2. The molecule has 0 aliphatic rings.